The lowest BCUT2D eigenvalue weighted by molar-refractivity contribution is 0.0846. The van der Waals surface area contributed by atoms with Gasteiger partial charge in [0.1, 0.15) is 5.82 Å². The van der Waals surface area contributed by atoms with Crippen molar-refractivity contribution in [3.8, 4) is 11.5 Å². The summed E-state index contributed by atoms with van der Waals surface area (Å²) in [6.45, 7) is 4.11. The molecule has 138 valence electrons. The molecule has 0 radical (unpaired) electrons. The van der Waals surface area contributed by atoms with E-state index in [9.17, 15) is 14.0 Å². The first-order valence-corrected chi connectivity index (χ1v) is 8.14. The zero-order valence-electron chi connectivity index (χ0n) is 14.9. The molecule has 0 aliphatic heterocycles. The molecule has 26 heavy (non-hydrogen) atoms. The predicted molar refractivity (Wildman–Crippen MR) is 94.8 cm³/mol. The number of hydrazine groups is 1. The van der Waals surface area contributed by atoms with E-state index in [1.807, 2.05) is 6.92 Å². The number of methoxy groups -OCH3 is 1. The second kappa shape index (κ2) is 8.84. The minimum absolute atomic E-state index is 0.106. The van der Waals surface area contributed by atoms with Crippen molar-refractivity contribution in [2.75, 3.05) is 13.7 Å². The Balaban J connectivity index is 2.02. The van der Waals surface area contributed by atoms with Gasteiger partial charge in [-0.1, -0.05) is 13.0 Å². The molecule has 2 aromatic carbocycles. The minimum atomic E-state index is -0.618. The summed E-state index contributed by atoms with van der Waals surface area (Å²) in [5, 5.41) is 0. The highest BCUT2D eigenvalue weighted by molar-refractivity contribution is 5.99. The van der Waals surface area contributed by atoms with Gasteiger partial charge in [-0.05, 0) is 49.2 Å². The lowest BCUT2D eigenvalue weighted by Gasteiger charge is -2.12. The third kappa shape index (κ3) is 4.72. The van der Waals surface area contributed by atoms with Crippen LogP contribution in [0.25, 0.3) is 0 Å². The number of ether oxygens (including phenoxy) is 2. The molecule has 0 fully saturated rings. The number of hydrogen-bond acceptors (Lipinski definition) is 4. The summed E-state index contributed by atoms with van der Waals surface area (Å²) in [6, 6.07) is 8.77. The van der Waals surface area contributed by atoms with Gasteiger partial charge in [0.2, 0.25) is 0 Å². The first-order valence-electron chi connectivity index (χ1n) is 8.14. The van der Waals surface area contributed by atoms with E-state index in [1.54, 1.807) is 19.1 Å². The molecule has 0 spiro atoms. The Morgan fingerprint density at radius 3 is 2.19 bits per heavy atom. The van der Waals surface area contributed by atoms with E-state index < -0.39 is 17.6 Å². The fraction of sp³-hybridized carbons (Fsp3) is 0.263. The monoisotopic (exact) mass is 360 g/mol. The number of benzene rings is 2. The molecular weight excluding hydrogens is 339 g/mol. The predicted octanol–water partition coefficient (Wildman–Crippen LogP) is 3.01. The van der Waals surface area contributed by atoms with Gasteiger partial charge in [0.25, 0.3) is 11.8 Å². The Morgan fingerprint density at radius 1 is 1.00 bits per heavy atom. The van der Waals surface area contributed by atoms with Gasteiger partial charge in [0, 0.05) is 11.1 Å². The van der Waals surface area contributed by atoms with Gasteiger partial charge in [-0.25, -0.2) is 4.39 Å². The molecular formula is C19H21FN2O4. The maximum Gasteiger partial charge on any atom is 0.269 e. The lowest BCUT2D eigenvalue weighted by Crippen LogP contribution is -2.41. The molecule has 0 heterocycles. The second-order valence-corrected chi connectivity index (χ2v) is 5.59. The van der Waals surface area contributed by atoms with Gasteiger partial charge in [0.15, 0.2) is 11.5 Å². The standard InChI is InChI=1S/C19H21FN2O4/c1-4-9-26-16-8-7-14(11-17(16)25-3)19(24)22-21-18(23)13-6-5-12(2)15(20)10-13/h5-8,10-11H,4,9H2,1-3H3,(H,21,23)(H,22,24). The van der Waals surface area contributed by atoms with Crippen molar-refractivity contribution in [1.82, 2.24) is 10.9 Å². The molecule has 2 aromatic rings. The number of hydrogen-bond donors (Lipinski definition) is 2. The number of aryl methyl sites for hydroxylation is 1. The zero-order valence-corrected chi connectivity index (χ0v) is 14.9. The van der Waals surface area contributed by atoms with Crippen LogP contribution in [-0.4, -0.2) is 25.5 Å². The van der Waals surface area contributed by atoms with Crippen LogP contribution in [-0.2, 0) is 0 Å². The minimum Gasteiger partial charge on any atom is -0.493 e. The van der Waals surface area contributed by atoms with E-state index in [4.69, 9.17) is 9.47 Å². The van der Waals surface area contributed by atoms with Crippen molar-refractivity contribution >= 4 is 11.8 Å². The summed E-state index contributed by atoms with van der Waals surface area (Å²) < 4.78 is 24.3. The SMILES string of the molecule is CCCOc1ccc(C(=O)NNC(=O)c2ccc(C)c(F)c2)cc1OC. The second-order valence-electron chi connectivity index (χ2n) is 5.59. The van der Waals surface area contributed by atoms with Crippen LogP contribution in [0.15, 0.2) is 36.4 Å². The van der Waals surface area contributed by atoms with Gasteiger partial charge >= 0.3 is 0 Å². The average molecular weight is 360 g/mol. The molecule has 0 aromatic heterocycles. The van der Waals surface area contributed by atoms with Crippen LogP contribution in [0.1, 0.15) is 39.6 Å². The smallest absolute Gasteiger partial charge is 0.269 e. The summed E-state index contributed by atoms with van der Waals surface area (Å²) in [7, 11) is 1.48. The molecule has 2 amide bonds. The van der Waals surface area contributed by atoms with Crippen LogP contribution in [0, 0.1) is 12.7 Å². The highest BCUT2D eigenvalue weighted by Gasteiger charge is 2.13. The Bertz CT molecular complexity index is 808. The van der Waals surface area contributed by atoms with Crippen molar-refractivity contribution in [1.29, 1.82) is 0 Å². The molecule has 0 aliphatic rings. The van der Waals surface area contributed by atoms with Crippen LogP contribution in [0.5, 0.6) is 11.5 Å². The van der Waals surface area contributed by atoms with Crippen molar-refractivity contribution in [2.45, 2.75) is 20.3 Å². The van der Waals surface area contributed by atoms with Crippen LogP contribution >= 0.6 is 0 Å². The number of nitrogens with one attached hydrogen (secondary N) is 2. The fourth-order valence-corrected chi connectivity index (χ4v) is 2.13. The zero-order chi connectivity index (χ0) is 19.1. The van der Waals surface area contributed by atoms with Crippen LogP contribution in [0.3, 0.4) is 0 Å². The average Bonchev–Trinajstić information content (AvgIpc) is 2.66. The van der Waals surface area contributed by atoms with Gasteiger partial charge in [-0.15, -0.1) is 0 Å². The van der Waals surface area contributed by atoms with E-state index >= 15 is 0 Å². The Labute approximate surface area is 151 Å². The normalized spacial score (nSPS) is 10.2. The van der Waals surface area contributed by atoms with E-state index in [0.29, 0.717) is 23.7 Å². The van der Waals surface area contributed by atoms with Gasteiger partial charge in [-0.2, -0.15) is 0 Å². The van der Waals surface area contributed by atoms with Crippen LogP contribution in [0.2, 0.25) is 0 Å². The topological polar surface area (TPSA) is 76.7 Å². The molecule has 0 unspecified atom stereocenters. The molecule has 6 nitrogen and oxygen atoms in total. The summed E-state index contributed by atoms with van der Waals surface area (Å²) in [6.07, 6.45) is 0.844. The number of rotatable bonds is 6. The van der Waals surface area contributed by atoms with E-state index in [2.05, 4.69) is 10.9 Å². The van der Waals surface area contributed by atoms with Crippen molar-refractivity contribution in [3.63, 3.8) is 0 Å². The summed E-state index contributed by atoms with van der Waals surface area (Å²) in [4.78, 5) is 24.2. The summed E-state index contributed by atoms with van der Waals surface area (Å²) >= 11 is 0. The first-order chi connectivity index (χ1) is 12.5. The van der Waals surface area contributed by atoms with Gasteiger partial charge < -0.3 is 9.47 Å². The Morgan fingerprint density at radius 2 is 1.62 bits per heavy atom. The first kappa shape index (κ1) is 19.2. The molecule has 0 atom stereocenters. The van der Waals surface area contributed by atoms with Crippen molar-refractivity contribution in [3.05, 3.63) is 58.9 Å². The maximum atomic E-state index is 13.5. The lowest BCUT2D eigenvalue weighted by atomic mass is 10.1. The number of carbonyl (C=O) groups excluding carboxylic acids is 2. The Hall–Kier alpha value is -3.09. The van der Waals surface area contributed by atoms with E-state index in [-0.39, 0.29) is 11.1 Å². The third-order valence-corrected chi connectivity index (χ3v) is 3.61. The highest BCUT2D eigenvalue weighted by atomic mass is 19.1. The Kier molecular flexibility index (Phi) is 6.54. The highest BCUT2D eigenvalue weighted by Crippen LogP contribution is 2.28. The van der Waals surface area contributed by atoms with Crippen molar-refractivity contribution < 1.29 is 23.5 Å². The van der Waals surface area contributed by atoms with Crippen LogP contribution < -0.4 is 20.3 Å². The molecule has 0 saturated carbocycles. The third-order valence-electron chi connectivity index (χ3n) is 3.61. The molecule has 2 rings (SSSR count). The van der Waals surface area contributed by atoms with Crippen molar-refractivity contribution in [2.24, 2.45) is 0 Å². The van der Waals surface area contributed by atoms with Crippen LogP contribution in [0.4, 0.5) is 4.39 Å². The number of amides is 2. The maximum absolute atomic E-state index is 13.5. The number of carbonyl (C=O) groups is 2. The van der Waals surface area contributed by atoms with Gasteiger partial charge in [0.05, 0.1) is 13.7 Å². The molecule has 7 heteroatoms. The van der Waals surface area contributed by atoms with Gasteiger partial charge in [-0.3, -0.25) is 20.4 Å². The molecule has 2 N–H and O–H groups in total. The van der Waals surface area contributed by atoms with E-state index in [0.717, 1.165) is 12.5 Å². The quantitative estimate of drug-likeness (QED) is 0.777. The van der Waals surface area contributed by atoms with E-state index in [1.165, 1.54) is 25.3 Å². The summed E-state index contributed by atoms with van der Waals surface area (Å²) in [5.41, 5.74) is 5.36. The molecule has 0 aliphatic carbocycles. The molecule has 0 bridgehead atoms. The fourth-order valence-electron chi connectivity index (χ4n) is 2.13. The molecule has 0 saturated heterocycles. The largest absolute Gasteiger partial charge is 0.493 e. The summed E-state index contributed by atoms with van der Waals surface area (Å²) in [5.74, 6) is -0.696. The number of halogens is 1.